The molecule has 0 aliphatic heterocycles. The van der Waals surface area contributed by atoms with E-state index in [0.29, 0.717) is 6.54 Å². The first-order valence-electron chi connectivity index (χ1n) is 6.22. The molecule has 0 amide bonds. The highest BCUT2D eigenvalue weighted by Gasteiger charge is 2.21. The van der Waals surface area contributed by atoms with Gasteiger partial charge in [-0.25, -0.2) is 13.1 Å². The smallest absolute Gasteiger partial charge is 0.227 e. The fourth-order valence-corrected chi connectivity index (χ4v) is 3.31. The van der Waals surface area contributed by atoms with Crippen molar-refractivity contribution in [2.45, 2.75) is 16.5 Å². The van der Waals surface area contributed by atoms with Gasteiger partial charge in [-0.15, -0.1) is 5.10 Å². The van der Waals surface area contributed by atoms with Crippen LogP contribution in [0.15, 0.2) is 58.8 Å². The fourth-order valence-electron chi connectivity index (χ4n) is 1.81. The molecule has 0 atom stereocenters. The van der Waals surface area contributed by atoms with E-state index in [-0.39, 0.29) is 9.92 Å². The van der Waals surface area contributed by atoms with Crippen molar-refractivity contribution in [1.29, 1.82) is 0 Å². The van der Waals surface area contributed by atoms with Crippen molar-refractivity contribution in [2.24, 2.45) is 0 Å². The molecule has 0 aliphatic rings. The molecule has 9 heteroatoms. The summed E-state index contributed by atoms with van der Waals surface area (Å²) in [6, 6.07) is 8.37. The summed E-state index contributed by atoms with van der Waals surface area (Å²) >= 11 is 2.12. The summed E-state index contributed by atoms with van der Waals surface area (Å²) in [4.78, 5) is 0.200. The molecule has 0 radical (unpaired) electrons. The van der Waals surface area contributed by atoms with E-state index < -0.39 is 9.84 Å². The lowest BCUT2D eigenvalue weighted by molar-refractivity contribution is 0.591. The van der Waals surface area contributed by atoms with E-state index in [1.807, 2.05) is 0 Å². The van der Waals surface area contributed by atoms with Crippen LogP contribution in [0.1, 0.15) is 5.56 Å². The lowest BCUT2D eigenvalue weighted by Crippen LogP contribution is -2.03. The highest BCUT2D eigenvalue weighted by atomic mass is 127. The Bertz CT molecular complexity index is 878. The molecule has 3 aromatic rings. The number of hydrogen-bond acceptors (Lipinski definition) is 6. The van der Waals surface area contributed by atoms with Crippen LogP contribution in [-0.2, 0) is 16.4 Å². The SMILES string of the molecule is O=S(=O)(c1ccc(I)cc1)c1cn(Cc2ccnnc2)nn1. The van der Waals surface area contributed by atoms with Gasteiger partial charge in [0.25, 0.3) is 0 Å². The average molecular weight is 427 g/mol. The molecule has 2 heterocycles. The molecule has 7 nitrogen and oxygen atoms in total. The first-order chi connectivity index (χ1) is 10.6. The number of aromatic nitrogens is 5. The molecule has 2 aromatic heterocycles. The number of hydrogen-bond donors (Lipinski definition) is 0. The zero-order valence-electron chi connectivity index (χ0n) is 11.2. The van der Waals surface area contributed by atoms with E-state index in [2.05, 4.69) is 43.1 Å². The van der Waals surface area contributed by atoms with Crippen LogP contribution in [0.3, 0.4) is 0 Å². The van der Waals surface area contributed by atoms with Crippen LogP contribution in [0.5, 0.6) is 0 Å². The Balaban J connectivity index is 1.88. The molecule has 112 valence electrons. The minimum absolute atomic E-state index is 0.0734. The molecule has 0 fully saturated rings. The third-order valence-electron chi connectivity index (χ3n) is 2.91. The van der Waals surface area contributed by atoms with Crippen molar-refractivity contribution in [3.05, 3.63) is 58.1 Å². The van der Waals surface area contributed by atoms with Crippen LogP contribution >= 0.6 is 22.6 Å². The molecular weight excluding hydrogens is 417 g/mol. The standard InChI is InChI=1S/C13H10IN5O2S/c14-11-1-3-12(4-2-11)22(20,21)13-9-19(18-17-13)8-10-5-6-15-16-7-10/h1-7,9H,8H2. The Kier molecular flexibility index (Phi) is 4.16. The van der Waals surface area contributed by atoms with Crippen molar-refractivity contribution in [3.8, 4) is 0 Å². The molecule has 0 spiro atoms. The van der Waals surface area contributed by atoms with E-state index in [1.54, 1.807) is 42.7 Å². The molecule has 0 aliphatic carbocycles. The monoisotopic (exact) mass is 427 g/mol. The number of benzene rings is 1. The van der Waals surface area contributed by atoms with E-state index in [4.69, 9.17) is 0 Å². The van der Waals surface area contributed by atoms with Crippen LogP contribution in [0, 0.1) is 3.57 Å². The zero-order valence-corrected chi connectivity index (χ0v) is 14.1. The predicted octanol–water partition coefficient (Wildman–Crippen LogP) is 1.55. The second-order valence-electron chi connectivity index (χ2n) is 4.46. The summed E-state index contributed by atoms with van der Waals surface area (Å²) in [6.07, 6.45) is 4.57. The lowest BCUT2D eigenvalue weighted by atomic mass is 10.3. The Hall–Kier alpha value is -1.88. The number of nitrogens with zero attached hydrogens (tertiary/aromatic N) is 5. The first kappa shape index (κ1) is 15.0. The van der Waals surface area contributed by atoms with E-state index in [9.17, 15) is 8.42 Å². The molecule has 0 saturated carbocycles. The molecule has 0 saturated heterocycles. The summed E-state index contributed by atoms with van der Waals surface area (Å²) in [7, 11) is -3.65. The Morgan fingerprint density at radius 1 is 1.09 bits per heavy atom. The highest BCUT2D eigenvalue weighted by molar-refractivity contribution is 14.1. The van der Waals surface area contributed by atoms with Gasteiger partial charge in [0.1, 0.15) is 0 Å². The van der Waals surface area contributed by atoms with Crippen LogP contribution in [0.25, 0.3) is 0 Å². The minimum Gasteiger partial charge on any atom is -0.247 e. The Labute approximate surface area is 140 Å². The van der Waals surface area contributed by atoms with Crippen LogP contribution in [0.2, 0.25) is 0 Å². The summed E-state index contributed by atoms with van der Waals surface area (Å²) < 4.78 is 27.4. The molecule has 0 bridgehead atoms. The van der Waals surface area contributed by atoms with Gasteiger partial charge >= 0.3 is 0 Å². The van der Waals surface area contributed by atoms with Gasteiger partial charge in [0.15, 0.2) is 0 Å². The zero-order chi connectivity index (χ0) is 15.6. The van der Waals surface area contributed by atoms with Gasteiger partial charge in [-0.3, -0.25) is 0 Å². The number of sulfone groups is 1. The largest absolute Gasteiger partial charge is 0.247 e. The van der Waals surface area contributed by atoms with Crippen molar-refractivity contribution in [3.63, 3.8) is 0 Å². The maximum absolute atomic E-state index is 12.5. The maximum atomic E-state index is 12.5. The first-order valence-corrected chi connectivity index (χ1v) is 8.78. The van der Waals surface area contributed by atoms with Crippen molar-refractivity contribution in [2.75, 3.05) is 0 Å². The summed E-state index contributed by atoms with van der Waals surface area (Å²) in [5.74, 6) is 0. The van der Waals surface area contributed by atoms with Gasteiger partial charge in [0.2, 0.25) is 14.9 Å². The second-order valence-corrected chi connectivity index (χ2v) is 7.60. The van der Waals surface area contributed by atoms with Gasteiger partial charge in [0.05, 0.1) is 23.8 Å². The van der Waals surface area contributed by atoms with Crippen LogP contribution in [0.4, 0.5) is 0 Å². The summed E-state index contributed by atoms with van der Waals surface area (Å²) in [5.41, 5.74) is 0.859. The minimum atomic E-state index is -3.65. The third kappa shape index (κ3) is 3.14. The molecule has 3 rings (SSSR count). The molecule has 22 heavy (non-hydrogen) atoms. The predicted molar refractivity (Wildman–Crippen MR) is 85.8 cm³/mol. The summed E-state index contributed by atoms with van der Waals surface area (Å²) in [5, 5.41) is 15.0. The average Bonchev–Trinajstić information content (AvgIpc) is 2.98. The number of rotatable bonds is 4. The third-order valence-corrected chi connectivity index (χ3v) is 5.26. The maximum Gasteiger partial charge on any atom is 0.227 e. The lowest BCUT2D eigenvalue weighted by Gasteiger charge is -2.00. The van der Waals surface area contributed by atoms with E-state index >= 15 is 0 Å². The van der Waals surface area contributed by atoms with Crippen molar-refractivity contribution in [1.82, 2.24) is 25.2 Å². The second kappa shape index (κ2) is 6.08. The van der Waals surface area contributed by atoms with Crippen LogP contribution in [-0.4, -0.2) is 33.6 Å². The number of halogens is 1. The Morgan fingerprint density at radius 2 is 1.86 bits per heavy atom. The van der Waals surface area contributed by atoms with Crippen molar-refractivity contribution >= 4 is 32.4 Å². The van der Waals surface area contributed by atoms with Crippen molar-refractivity contribution < 1.29 is 8.42 Å². The van der Waals surface area contributed by atoms with Gasteiger partial charge in [-0.1, -0.05) is 5.21 Å². The molecule has 0 unspecified atom stereocenters. The normalized spacial score (nSPS) is 11.5. The van der Waals surface area contributed by atoms with E-state index in [0.717, 1.165) is 9.13 Å². The van der Waals surface area contributed by atoms with Gasteiger partial charge in [0, 0.05) is 9.77 Å². The molecular formula is C13H10IN5O2S. The van der Waals surface area contributed by atoms with Gasteiger partial charge in [-0.05, 0) is 58.5 Å². The quantitative estimate of drug-likeness (QED) is 0.587. The van der Waals surface area contributed by atoms with Gasteiger partial charge < -0.3 is 0 Å². The highest BCUT2D eigenvalue weighted by Crippen LogP contribution is 2.19. The Morgan fingerprint density at radius 3 is 2.55 bits per heavy atom. The summed E-state index contributed by atoms with van der Waals surface area (Å²) in [6.45, 7) is 0.380. The molecule has 0 N–H and O–H groups in total. The van der Waals surface area contributed by atoms with Gasteiger partial charge in [-0.2, -0.15) is 10.2 Å². The fraction of sp³-hybridized carbons (Fsp3) is 0.0769. The van der Waals surface area contributed by atoms with E-state index in [1.165, 1.54) is 10.9 Å². The van der Waals surface area contributed by atoms with Crippen LogP contribution < -0.4 is 0 Å². The molecule has 1 aromatic carbocycles. The topological polar surface area (TPSA) is 90.6 Å².